The molecule has 1 aromatic rings. The number of carbonyl (C=O) groups is 1. The molecule has 0 aliphatic heterocycles. The van der Waals surface area contributed by atoms with Crippen LogP contribution >= 0.6 is 0 Å². The predicted molar refractivity (Wildman–Crippen MR) is 68.9 cm³/mol. The van der Waals surface area contributed by atoms with Gasteiger partial charge >= 0.3 is 6.03 Å². The molecule has 2 amide bonds. The number of rotatable bonds is 2. The van der Waals surface area contributed by atoms with Crippen LogP contribution in [0.5, 0.6) is 5.75 Å². The maximum absolute atomic E-state index is 11.5. The van der Waals surface area contributed by atoms with Crippen molar-refractivity contribution in [2.24, 2.45) is 5.41 Å². The standard InChI is InChI=1S/C13H18N2O2/c1-13(2,3)8-9-14-12(17)15-10-6-4-5-7-11(10)16/h4-9,16H,1-3H3,(H2,14,15,17)/b9-8+. The number of para-hydroxylation sites is 2. The lowest BCUT2D eigenvalue weighted by molar-refractivity contribution is 0.255. The molecule has 0 spiro atoms. The smallest absolute Gasteiger partial charge is 0.323 e. The highest BCUT2D eigenvalue weighted by Gasteiger charge is 2.05. The fourth-order valence-corrected chi connectivity index (χ4v) is 1.11. The largest absolute Gasteiger partial charge is 0.506 e. The molecule has 0 heterocycles. The Kier molecular flexibility index (Phi) is 4.15. The number of aromatic hydroxyl groups is 1. The molecule has 4 heteroatoms. The number of phenols is 1. The van der Waals surface area contributed by atoms with Crippen molar-refractivity contribution in [1.82, 2.24) is 5.32 Å². The average molecular weight is 234 g/mol. The van der Waals surface area contributed by atoms with E-state index in [-0.39, 0.29) is 17.2 Å². The molecule has 1 rings (SSSR count). The molecule has 0 aliphatic rings. The number of allylic oxidation sites excluding steroid dienone is 1. The van der Waals surface area contributed by atoms with Gasteiger partial charge in [0, 0.05) is 6.20 Å². The van der Waals surface area contributed by atoms with E-state index in [9.17, 15) is 9.90 Å². The molecule has 0 bridgehead atoms. The highest BCUT2D eigenvalue weighted by Crippen LogP contribution is 2.21. The van der Waals surface area contributed by atoms with Crippen LogP contribution in [-0.2, 0) is 0 Å². The molecule has 4 nitrogen and oxygen atoms in total. The van der Waals surface area contributed by atoms with Crippen LogP contribution in [0.15, 0.2) is 36.5 Å². The Bertz CT molecular complexity index is 420. The molecule has 0 saturated carbocycles. The number of benzene rings is 1. The van der Waals surface area contributed by atoms with Crippen molar-refractivity contribution in [3.63, 3.8) is 0 Å². The van der Waals surface area contributed by atoms with Gasteiger partial charge in [0.25, 0.3) is 0 Å². The maximum Gasteiger partial charge on any atom is 0.323 e. The number of phenolic OH excluding ortho intramolecular Hbond substituents is 1. The monoisotopic (exact) mass is 234 g/mol. The minimum atomic E-state index is -0.382. The Morgan fingerprint density at radius 2 is 1.94 bits per heavy atom. The van der Waals surface area contributed by atoms with Gasteiger partial charge < -0.3 is 15.7 Å². The second kappa shape index (κ2) is 5.39. The maximum atomic E-state index is 11.5. The van der Waals surface area contributed by atoms with E-state index in [1.807, 2.05) is 26.8 Å². The van der Waals surface area contributed by atoms with Crippen molar-refractivity contribution in [1.29, 1.82) is 0 Å². The van der Waals surface area contributed by atoms with Gasteiger partial charge in [-0.2, -0.15) is 0 Å². The molecule has 0 aliphatic carbocycles. The Balaban J connectivity index is 2.51. The molecule has 0 fully saturated rings. The van der Waals surface area contributed by atoms with Gasteiger partial charge in [0.05, 0.1) is 5.69 Å². The fraction of sp³-hybridized carbons (Fsp3) is 0.308. The lowest BCUT2D eigenvalue weighted by atomic mass is 9.97. The van der Waals surface area contributed by atoms with Crippen molar-refractivity contribution in [3.05, 3.63) is 36.5 Å². The van der Waals surface area contributed by atoms with Crippen molar-refractivity contribution >= 4 is 11.7 Å². The zero-order valence-corrected chi connectivity index (χ0v) is 10.3. The molecule has 0 aromatic heterocycles. The lowest BCUT2D eigenvalue weighted by Crippen LogP contribution is -2.24. The summed E-state index contributed by atoms with van der Waals surface area (Å²) in [6.07, 6.45) is 3.48. The zero-order valence-electron chi connectivity index (χ0n) is 10.3. The summed E-state index contributed by atoms with van der Waals surface area (Å²) in [6.45, 7) is 6.10. The summed E-state index contributed by atoms with van der Waals surface area (Å²) < 4.78 is 0. The molecule has 17 heavy (non-hydrogen) atoms. The first-order chi connectivity index (χ1) is 7.88. The Morgan fingerprint density at radius 1 is 1.29 bits per heavy atom. The molecule has 0 radical (unpaired) electrons. The molecule has 3 N–H and O–H groups in total. The second-order valence-corrected chi connectivity index (χ2v) is 4.81. The minimum Gasteiger partial charge on any atom is -0.506 e. The van der Waals surface area contributed by atoms with Crippen LogP contribution in [0.2, 0.25) is 0 Å². The van der Waals surface area contributed by atoms with E-state index in [1.165, 1.54) is 6.07 Å². The summed E-state index contributed by atoms with van der Waals surface area (Å²) in [4.78, 5) is 11.5. The van der Waals surface area contributed by atoms with Crippen LogP contribution in [0, 0.1) is 5.41 Å². The third-order valence-electron chi connectivity index (χ3n) is 1.95. The normalized spacial score (nSPS) is 11.5. The number of nitrogens with one attached hydrogen (secondary N) is 2. The van der Waals surface area contributed by atoms with Gasteiger partial charge in [0.2, 0.25) is 0 Å². The van der Waals surface area contributed by atoms with Crippen molar-refractivity contribution < 1.29 is 9.90 Å². The van der Waals surface area contributed by atoms with Crippen molar-refractivity contribution in [3.8, 4) is 5.75 Å². The SMILES string of the molecule is CC(C)(C)/C=C/NC(=O)Nc1ccccc1O. The van der Waals surface area contributed by atoms with E-state index in [4.69, 9.17) is 0 Å². The van der Waals surface area contributed by atoms with Gasteiger partial charge in [0.1, 0.15) is 5.75 Å². The number of anilines is 1. The second-order valence-electron chi connectivity index (χ2n) is 4.81. The summed E-state index contributed by atoms with van der Waals surface area (Å²) >= 11 is 0. The van der Waals surface area contributed by atoms with Crippen LogP contribution in [0.25, 0.3) is 0 Å². The van der Waals surface area contributed by atoms with Crippen molar-refractivity contribution in [2.45, 2.75) is 20.8 Å². The number of amides is 2. The van der Waals surface area contributed by atoms with Gasteiger partial charge in [-0.05, 0) is 17.5 Å². The highest BCUT2D eigenvalue weighted by atomic mass is 16.3. The summed E-state index contributed by atoms with van der Waals surface area (Å²) in [5.41, 5.74) is 0.400. The molecule has 1 aromatic carbocycles. The summed E-state index contributed by atoms with van der Waals surface area (Å²) in [5, 5.41) is 14.6. The number of hydrogen-bond donors (Lipinski definition) is 3. The Labute approximate surface area is 101 Å². The number of hydrogen-bond acceptors (Lipinski definition) is 2. The Morgan fingerprint density at radius 3 is 2.53 bits per heavy atom. The molecule has 0 saturated heterocycles. The molecular formula is C13H18N2O2. The summed E-state index contributed by atoms with van der Waals surface area (Å²) in [7, 11) is 0. The topological polar surface area (TPSA) is 61.4 Å². The zero-order chi connectivity index (χ0) is 12.9. The lowest BCUT2D eigenvalue weighted by Gasteiger charge is -2.11. The van der Waals surface area contributed by atoms with Crippen LogP contribution < -0.4 is 10.6 Å². The van der Waals surface area contributed by atoms with Crippen LogP contribution in [0.4, 0.5) is 10.5 Å². The van der Waals surface area contributed by atoms with E-state index in [0.29, 0.717) is 5.69 Å². The quantitative estimate of drug-likeness (QED) is 0.689. The van der Waals surface area contributed by atoms with E-state index in [0.717, 1.165) is 0 Å². The van der Waals surface area contributed by atoms with Gasteiger partial charge in [-0.25, -0.2) is 4.79 Å². The number of carbonyl (C=O) groups excluding carboxylic acids is 1. The van der Waals surface area contributed by atoms with Crippen LogP contribution in [0.1, 0.15) is 20.8 Å². The van der Waals surface area contributed by atoms with Gasteiger partial charge in [-0.15, -0.1) is 0 Å². The van der Waals surface area contributed by atoms with E-state index in [1.54, 1.807) is 24.4 Å². The summed E-state index contributed by atoms with van der Waals surface area (Å²) in [6, 6.07) is 6.19. The van der Waals surface area contributed by atoms with Crippen LogP contribution in [-0.4, -0.2) is 11.1 Å². The third kappa shape index (κ3) is 5.06. The van der Waals surface area contributed by atoms with Gasteiger partial charge in [0.15, 0.2) is 0 Å². The van der Waals surface area contributed by atoms with Crippen molar-refractivity contribution in [2.75, 3.05) is 5.32 Å². The summed E-state index contributed by atoms with van der Waals surface area (Å²) in [5.74, 6) is 0.0439. The molecular weight excluding hydrogens is 216 g/mol. The fourth-order valence-electron chi connectivity index (χ4n) is 1.11. The first-order valence-corrected chi connectivity index (χ1v) is 5.42. The Hall–Kier alpha value is -1.97. The highest BCUT2D eigenvalue weighted by molar-refractivity contribution is 5.91. The van der Waals surface area contributed by atoms with E-state index < -0.39 is 0 Å². The van der Waals surface area contributed by atoms with E-state index >= 15 is 0 Å². The molecule has 92 valence electrons. The molecule has 0 unspecified atom stereocenters. The first kappa shape index (κ1) is 13.1. The van der Waals surface area contributed by atoms with Crippen LogP contribution in [0.3, 0.4) is 0 Å². The molecule has 0 atom stereocenters. The predicted octanol–water partition coefficient (Wildman–Crippen LogP) is 3.07. The van der Waals surface area contributed by atoms with Gasteiger partial charge in [-0.1, -0.05) is 39.0 Å². The minimum absolute atomic E-state index is 0.0160. The van der Waals surface area contributed by atoms with Gasteiger partial charge in [-0.3, -0.25) is 0 Å². The first-order valence-electron chi connectivity index (χ1n) is 5.42. The number of urea groups is 1. The van der Waals surface area contributed by atoms with E-state index in [2.05, 4.69) is 10.6 Å². The average Bonchev–Trinajstić information content (AvgIpc) is 2.19. The third-order valence-corrected chi connectivity index (χ3v) is 1.95.